The van der Waals surface area contributed by atoms with Gasteiger partial charge in [0.15, 0.2) is 5.78 Å². The fourth-order valence-electron chi connectivity index (χ4n) is 1.48. The minimum absolute atomic E-state index is 0.192. The summed E-state index contributed by atoms with van der Waals surface area (Å²) in [4.78, 5) is 12.6. The molecule has 0 atom stereocenters. The van der Waals surface area contributed by atoms with Gasteiger partial charge in [-0.2, -0.15) is 5.10 Å². The van der Waals surface area contributed by atoms with Crippen LogP contribution in [0, 0.1) is 0 Å². The van der Waals surface area contributed by atoms with E-state index in [0.29, 0.717) is 6.42 Å². The van der Waals surface area contributed by atoms with E-state index in [1.54, 1.807) is 10.9 Å². The highest BCUT2D eigenvalue weighted by Crippen LogP contribution is 2.23. The summed E-state index contributed by atoms with van der Waals surface area (Å²) in [5, 5.41) is 4.07. The second kappa shape index (κ2) is 4.93. The van der Waals surface area contributed by atoms with E-state index >= 15 is 0 Å². The highest BCUT2D eigenvalue weighted by Gasteiger charge is 2.09. The van der Waals surface area contributed by atoms with Gasteiger partial charge in [-0.15, -0.1) is 11.3 Å². The van der Waals surface area contributed by atoms with E-state index in [2.05, 4.69) is 21.0 Å². The van der Waals surface area contributed by atoms with Crippen LogP contribution < -0.4 is 0 Å². The number of aryl methyl sites for hydroxylation is 2. The normalized spacial score (nSPS) is 10.6. The molecule has 16 heavy (non-hydrogen) atoms. The van der Waals surface area contributed by atoms with Crippen LogP contribution in [0.5, 0.6) is 0 Å². The molecule has 0 saturated heterocycles. The topological polar surface area (TPSA) is 34.9 Å². The van der Waals surface area contributed by atoms with Gasteiger partial charge in [-0.25, -0.2) is 0 Å². The van der Waals surface area contributed by atoms with Crippen molar-refractivity contribution >= 4 is 33.0 Å². The first kappa shape index (κ1) is 11.5. The van der Waals surface area contributed by atoms with Gasteiger partial charge in [-0.05, 0) is 40.5 Å². The number of carbonyl (C=O) groups excluding carboxylic acids is 1. The Labute approximate surface area is 106 Å². The summed E-state index contributed by atoms with van der Waals surface area (Å²) < 4.78 is 2.80. The SMILES string of the molecule is Cn1nccc1CCC(=O)c1ccc(Br)s1. The first-order valence-corrected chi connectivity index (χ1v) is 6.53. The lowest BCUT2D eigenvalue weighted by Crippen LogP contribution is -2.03. The molecule has 84 valence electrons. The minimum Gasteiger partial charge on any atom is -0.293 e. The van der Waals surface area contributed by atoms with E-state index in [4.69, 9.17) is 0 Å². The zero-order valence-electron chi connectivity index (χ0n) is 8.81. The quantitative estimate of drug-likeness (QED) is 0.813. The summed E-state index contributed by atoms with van der Waals surface area (Å²) >= 11 is 4.84. The summed E-state index contributed by atoms with van der Waals surface area (Å²) in [6.07, 6.45) is 3.03. The molecule has 2 aromatic rings. The lowest BCUT2D eigenvalue weighted by molar-refractivity contribution is 0.0986. The van der Waals surface area contributed by atoms with E-state index in [1.807, 2.05) is 25.2 Å². The van der Waals surface area contributed by atoms with E-state index in [9.17, 15) is 4.79 Å². The largest absolute Gasteiger partial charge is 0.293 e. The van der Waals surface area contributed by atoms with Gasteiger partial charge in [-0.1, -0.05) is 0 Å². The Morgan fingerprint density at radius 3 is 2.88 bits per heavy atom. The molecule has 2 aromatic heterocycles. The molecular formula is C11H11BrN2OS. The average molecular weight is 299 g/mol. The van der Waals surface area contributed by atoms with Crippen molar-refractivity contribution in [2.45, 2.75) is 12.8 Å². The Hall–Kier alpha value is -0.940. The van der Waals surface area contributed by atoms with Gasteiger partial charge in [0.25, 0.3) is 0 Å². The third kappa shape index (κ3) is 2.59. The van der Waals surface area contributed by atoms with E-state index in [1.165, 1.54) is 11.3 Å². The maximum absolute atomic E-state index is 11.8. The van der Waals surface area contributed by atoms with Crippen molar-refractivity contribution in [1.82, 2.24) is 9.78 Å². The third-order valence-electron chi connectivity index (χ3n) is 2.38. The summed E-state index contributed by atoms with van der Waals surface area (Å²) in [5.74, 6) is 0.192. The van der Waals surface area contributed by atoms with Crippen LogP contribution in [0.4, 0.5) is 0 Å². The minimum atomic E-state index is 0.192. The maximum Gasteiger partial charge on any atom is 0.173 e. The van der Waals surface area contributed by atoms with Crippen LogP contribution in [0.2, 0.25) is 0 Å². The Morgan fingerprint density at radius 1 is 1.50 bits per heavy atom. The zero-order valence-corrected chi connectivity index (χ0v) is 11.2. The Morgan fingerprint density at radius 2 is 2.31 bits per heavy atom. The molecule has 0 fully saturated rings. The molecule has 5 heteroatoms. The molecule has 0 unspecified atom stereocenters. The number of ketones is 1. The van der Waals surface area contributed by atoms with Crippen LogP contribution >= 0.6 is 27.3 Å². The summed E-state index contributed by atoms with van der Waals surface area (Å²) in [6, 6.07) is 5.71. The smallest absolute Gasteiger partial charge is 0.173 e. The maximum atomic E-state index is 11.8. The average Bonchev–Trinajstić information content (AvgIpc) is 2.84. The molecule has 0 aliphatic rings. The van der Waals surface area contributed by atoms with Crippen LogP contribution in [0.25, 0.3) is 0 Å². The van der Waals surface area contributed by atoms with Crippen molar-refractivity contribution in [2.24, 2.45) is 7.05 Å². The summed E-state index contributed by atoms with van der Waals surface area (Å²) in [6.45, 7) is 0. The van der Waals surface area contributed by atoms with E-state index in [-0.39, 0.29) is 5.78 Å². The molecule has 0 bridgehead atoms. The highest BCUT2D eigenvalue weighted by molar-refractivity contribution is 9.11. The van der Waals surface area contributed by atoms with Gasteiger partial charge < -0.3 is 0 Å². The van der Waals surface area contributed by atoms with E-state index < -0.39 is 0 Å². The van der Waals surface area contributed by atoms with Crippen molar-refractivity contribution < 1.29 is 4.79 Å². The number of nitrogens with zero attached hydrogens (tertiary/aromatic N) is 2. The van der Waals surface area contributed by atoms with Crippen LogP contribution in [0.15, 0.2) is 28.2 Å². The molecule has 3 nitrogen and oxygen atoms in total. The predicted octanol–water partition coefficient (Wildman–Crippen LogP) is 3.06. The molecular weight excluding hydrogens is 288 g/mol. The molecule has 0 aliphatic heterocycles. The fraction of sp³-hybridized carbons (Fsp3) is 0.273. The summed E-state index contributed by atoms with van der Waals surface area (Å²) in [5.41, 5.74) is 1.09. The monoisotopic (exact) mass is 298 g/mol. The van der Waals surface area contributed by atoms with E-state index in [0.717, 1.165) is 20.8 Å². The van der Waals surface area contributed by atoms with Crippen molar-refractivity contribution in [2.75, 3.05) is 0 Å². The fourth-order valence-corrected chi connectivity index (χ4v) is 2.83. The number of rotatable bonds is 4. The lowest BCUT2D eigenvalue weighted by Gasteiger charge is -2.00. The molecule has 2 heterocycles. The van der Waals surface area contributed by atoms with Crippen LogP contribution in [-0.2, 0) is 13.5 Å². The van der Waals surface area contributed by atoms with Crippen molar-refractivity contribution in [3.05, 3.63) is 38.8 Å². The molecule has 0 aliphatic carbocycles. The number of halogens is 1. The number of aromatic nitrogens is 2. The second-order valence-electron chi connectivity index (χ2n) is 3.47. The van der Waals surface area contributed by atoms with Gasteiger partial charge >= 0.3 is 0 Å². The standard InChI is InChI=1S/C11H11BrN2OS/c1-14-8(6-7-13-14)2-3-9(15)10-4-5-11(12)16-10/h4-7H,2-3H2,1H3. The third-order valence-corrected chi connectivity index (χ3v) is 4.04. The van der Waals surface area contributed by atoms with Gasteiger partial charge in [0, 0.05) is 25.4 Å². The molecule has 0 N–H and O–H groups in total. The van der Waals surface area contributed by atoms with Crippen LogP contribution in [0.3, 0.4) is 0 Å². The Kier molecular flexibility index (Phi) is 3.56. The molecule has 0 saturated carbocycles. The zero-order chi connectivity index (χ0) is 11.5. The number of thiophene rings is 1. The predicted molar refractivity (Wildman–Crippen MR) is 67.9 cm³/mol. The molecule has 0 spiro atoms. The van der Waals surface area contributed by atoms with Gasteiger partial charge in [0.2, 0.25) is 0 Å². The Bertz CT molecular complexity index is 504. The van der Waals surface area contributed by atoms with Crippen molar-refractivity contribution in [3.8, 4) is 0 Å². The van der Waals surface area contributed by atoms with Crippen molar-refractivity contribution in [3.63, 3.8) is 0 Å². The van der Waals surface area contributed by atoms with Crippen LogP contribution in [0.1, 0.15) is 21.8 Å². The van der Waals surface area contributed by atoms with Crippen molar-refractivity contribution in [1.29, 1.82) is 0 Å². The number of hydrogen-bond acceptors (Lipinski definition) is 3. The first-order chi connectivity index (χ1) is 7.66. The number of Topliss-reactive ketones (excluding diaryl/α,β-unsaturated/α-hetero) is 1. The number of hydrogen-bond donors (Lipinski definition) is 0. The second-order valence-corrected chi connectivity index (χ2v) is 5.94. The lowest BCUT2D eigenvalue weighted by atomic mass is 10.1. The van der Waals surface area contributed by atoms with Gasteiger partial charge in [-0.3, -0.25) is 9.48 Å². The Balaban J connectivity index is 1.96. The highest BCUT2D eigenvalue weighted by atomic mass is 79.9. The summed E-state index contributed by atoms with van der Waals surface area (Å²) in [7, 11) is 1.89. The molecule has 0 radical (unpaired) electrons. The van der Waals surface area contributed by atoms with Gasteiger partial charge in [0.1, 0.15) is 0 Å². The van der Waals surface area contributed by atoms with Crippen LogP contribution in [-0.4, -0.2) is 15.6 Å². The number of carbonyl (C=O) groups is 1. The van der Waals surface area contributed by atoms with Gasteiger partial charge in [0.05, 0.1) is 8.66 Å². The molecule has 0 aromatic carbocycles. The first-order valence-electron chi connectivity index (χ1n) is 4.92. The molecule has 2 rings (SSSR count). The molecule has 0 amide bonds.